The van der Waals surface area contributed by atoms with E-state index >= 15 is 0 Å². The SMILES string of the molecule is COc1nc(CNC(=O)CC2CCCC2)nc(N2CCCCC2)n1. The van der Waals surface area contributed by atoms with Crippen molar-refractivity contribution in [1.29, 1.82) is 0 Å². The van der Waals surface area contributed by atoms with Crippen molar-refractivity contribution in [2.24, 2.45) is 5.92 Å². The minimum atomic E-state index is 0.0841. The molecule has 2 aliphatic rings. The molecule has 1 N–H and O–H groups in total. The van der Waals surface area contributed by atoms with E-state index in [1.54, 1.807) is 7.11 Å². The summed E-state index contributed by atoms with van der Waals surface area (Å²) in [6.07, 6.45) is 9.02. The molecule has 0 atom stereocenters. The summed E-state index contributed by atoms with van der Waals surface area (Å²) in [5, 5.41) is 2.94. The van der Waals surface area contributed by atoms with E-state index in [1.807, 2.05) is 0 Å². The Hall–Kier alpha value is -1.92. The molecule has 1 amide bonds. The molecule has 24 heavy (non-hydrogen) atoms. The Morgan fingerprint density at radius 1 is 1.12 bits per heavy atom. The second kappa shape index (κ2) is 8.26. The maximum atomic E-state index is 12.1. The van der Waals surface area contributed by atoms with Crippen molar-refractivity contribution in [2.75, 3.05) is 25.1 Å². The average molecular weight is 333 g/mol. The van der Waals surface area contributed by atoms with Gasteiger partial charge in [0.25, 0.3) is 0 Å². The molecule has 132 valence electrons. The minimum Gasteiger partial charge on any atom is -0.467 e. The molecular formula is C17H27N5O2. The zero-order valence-electron chi connectivity index (χ0n) is 14.5. The molecule has 7 heteroatoms. The number of aromatic nitrogens is 3. The van der Waals surface area contributed by atoms with E-state index in [4.69, 9.17) is 4.74 Å². The lowest BCUT2D eigenvalue weighted by atomic mass is 10.0. The van der Waals surface area contributed by atoms with Crippen LogP contribution in [0.15, 0.2) is 0 Å². The molecule has 2 heterocycles. The quantitative estimate of drug-likeness (QED) is 0.858. The second-order valence-electron chi connectivity index (χ2n) is 6.72. The van der Waals surface area contributed by atoms with E-state index in [1.165, 1.54) is 32.1 Å². The number of hydrogen-bond donors (Lipinski definition) is 1. The highest BCUT2D eigenvalue weighted by molar-refractivity contribution is 5.76. The smallest absolute Gasteiger partial charge is 0.321 e. The van der Waals surface area contributed by atoms with E-state index in [0.717, 1.165) is 25.9 Å². The first kappa shape index (κ1) is 16.9. The molecule has 3 rings (SSSR count). The van der Waals surface area contributed by atoms with Gasteiger partial charge >= 0.3 is 6.01 Å². The highest BCUT2D eigenvalue weighted by atomic mass is 16.5. The molecule has 2 fully saturated rings. The highest BCUT2D eigenvalue weighted by Crippen LogP contribution is 2.27. The molecule has 0 bridgehead atoms. The van der Waals surface area contributed by atoms with Crippen molar-refractivity contribution >= 4 is 11.9 Å². The number of anilines is 1. The van der Waals surface area contributed by atoms with Gasteiger partial charge in [-0.2, -0.15) is 15.0 Å². The zero-order valence-corrected chi connectivity index (χ0v) is 14.5. The van der Waals surface area contributed by atoms with Gasteiger partial charge in [0.2, 0.25) is 11.9 Å². The summed E-state index contributed by atoms with van der Waals surface area (Å²) < 4.78 is 5.20. The fourth-order valence-corrected chi connectivity index (χ4v) is 3.52. The van der Waals surface area contributed by atoms with E-state index < -0.39 is 0 Å². The van der Waals surface area contributed by atoms with Crippen LogP contribution in [0.5, 0.6) is 6.01 Å². The van der Waals surface area contributed by atoms with Crippen LogP contribution in [0.3, 0.4) is 0 Å². The van der Waals surface area contributed by atoms with Gasteiger partial charge in [-0.25, -0.2) is 0 Å². The number of nitrogens with zero attached hydrogens (tertiary/aromatic N) is 4. The zero-order chi connectivity index (χ0) is 16.8. The van der Waals surface area contributed by atoms with Crippen LogP contribution in [0, 0.1) is 5.92 Å². The van der Waals surface area contributed by atoms with Crippen molar-refractivity contribution in [3.05, 3.63) is 5.82 Å². The number of carbonyl (C=O) groups is 1. The molecule has 1 aliphatic heterocycles. The van der Waals surface area contributed by atoms with Gasteiger partial charge in [-0.1, -0.05) is 12.8 Å². The summed E-state index contributed by atoms with van der Waals surface area (Å²) in [7, 11) is 1.55. The summed E-state index contributed by atoms with van der Waals surface area (Å²) in [5.41, 5.74) is 0. The van der Waals surface area contributed by atoms with Crippen molar-refractivity contribution in [1.82, 2.24) is 20.3 Å². The molecule has 1 saturated carbocycles. The molecule has 1 aromatic rings. The van der Waals surface area contributed by atoms with Crippen LogP contribution in [-0.4, -0.2) is 41.1 Å². The molecule has 1 aromatic heterocycles. The van der Waals surface area contributed by atoms with Crippen LogP contribution in [0.25, 0.3) is 0 Å². The van der Waals surface area contributed by atoms with Gasteiger partial charge in [-0.15, -0.1) is 0 Å². The summed E-state index contributed by atoms with van der Waals surface area (Å²) in [4.78, 5) is 27.4. The van der Waals surface area contributed by atoms with Crippen LogP contribution in [0.2, 0.25) is 0 Å². The topological polar surface area (TPSA) is 80.2 Å². The fraction of sp³-hybridized carbons (Fsp3) is 0.765. The Labute approximate surface area is 143 Å². The molecule has 7 nitrogen and oxygen atoms in total. The largest absolute Gasteiger partial charge is 0.467 e. The van der Waals surface area contributed by atoms with E-state index in [9.17, 15) is 4.79 Å². The summed E-state index contributed by atoms with van der Waals surface area (Å²) in [5.74, 6) is 1.84. The van der Waals surface area contributed by atoms with Gasteiger partial charge in [0.15, 0.2) is 5.82 Å². The monoisotopic (exact) mass is 333 g/mol. The number of carbonyl (C=O) groups excluding carboxylic acids is 1. The average Bonchev–Trinajstić information content (AvgIpc) is 3.13. The Bertz CT molecular complexity index is 554. The number of hydrogen-bond acceptors (Lipinski definition) is 6. The third-order valence-electron chi connectivity index (χ3n) is 4.86. The lowest BCUT2D eigenvalue weighted by Gasteiger charge is -2.26. The molecule has 1 saturated heterocycles. The summed E-state index contributed by atoms with van der Waals surface area (Å²) >= 11 is 0. The predicted molar refractivity (Wildman–Crippen MR) is 90.9 cm³/mol. The van der Waals surface area contributed by atoms with Gasteiger partial charge in [0.05, 0.1) is 13.7 Å². The van der Waals surface area contributed by atoms with Crippen LogP contribution in [0.4, 0.5) is 5.95 Å². The Morgan fingerprint density at radius 3 is 2.58 bits per heavy atom. The fourth-order valence-electron chi connectivity index (χ4n) is 3.52. The number of rotatable bonds is 6. The molecule has 0 spiro atoms. The number of amides is 1. The van der Waals surface area contributed by atoms with Gasteiger partial charge in [0.1, 0.15) is 0 Å². The molecule has 0 aromatic carbocycles. The standard InChI is InChI=1S/C17H27N5O2/c1-24-17-20-14(12-18-15(23)11-13-7-3-4-8-13)19-16(21-17)22-9-5-2-6-10-22/h13H,2-12H2,1H3,(H,18,23). The number of nitrogens with one attached hydrogen (secondary N) is 1. The van der Waals surface area contributed by atoms with Crippen molar-refractivity contribution in [3.8, 4) is 6.01 Å². The van der Waals surface area contributed by atoms with Gasteiger partial charge in [-0.3, -0.25) is 4.79 Å². The lowest BCUT2D eigenvalue weighted by molar-refractivity contribution is -0.122. The van der Waals surface area contributed by atoms with Crippen molar-refractivity contribution in [3.63, 3.8) is 0 Å². The third kappa shape index (κ3) is 4.55. The first-order valence-corrected chi connectivity index (χ1v) is 9.05. The molecule has 1 aliphatic carbocycles. The number of ether oxygens (including phenoxy) is 1. The second-order valence-corrected chi connectivity index (χ2v) is 6.72. The van der Waals surface area contributed by atoms with Crippen molar-refractivity contribution in [2.45, 2.75) is 57.9 Å². The Morgan fingerprint density at radius 2 is 1.88 bits per heavy atom. The number of piperidine rings is 1. The van der Waals surface area contributed by atoms with Gasteiger partial charge in [0, 0.05) is 19.5 Å². The maximum Gasteiger partial charge on any atom is 0.321 e. The van der Waals surface area contributed by atoms with Gasteiger partial charge < -0.3 is 15.0 Å². The molecule has 0 unspecified atom stereocenters. The maximum absolute atomic E-state index is 12.1. The first-order chi connectivity index (χ1) is 11.7. The molecular weight excluding hydrogens is 306 g/mol. The lowest BCUT2D eigenvalue weighted by Crippen LogP contribution is -2.32. The highest BCUT2D eigenvalue weighted by Gasteiger charge is 2.19. The third-order valence-corrected chi connectivity index (χ3v) is 4.86. The van der Waals surface area contributed by atoms with Crippen LogP contribution < -0.4 is 15.0 Å². The van der Waals surface area contributed by atoms with Crippen LogP contribution in [-0.2, 0) is 11.3 Å². The Kier molecular flexibility index (Phi) is 5.82. The van der Waals surface area contributed by atoms with Crippen LogP contribution in [0.1, 0.15) is 57.2 Å². The van der Waals surface area contributed by atoms with Crippen molar-refractivity contribution < 1.29 is 9.53 Å². The van der Waals surface area contributed by atoms with Gasteiger partial charge in [-0.05, 0) is 38.0 Å². The first-order valence-electron chi connectivity index (χ1n) is 9.05. The number of methoxy groups -OCH3 is 1. The van der Waals surface area contributed by atoms with Crippen LogP contribution >= 0.6 is 0 Å². The predicted octanol–water partition coefficient (Wildman–Crippen LogP) is 2.07. The summed E-state index contributed by atoms with van der Waals surface area (Å²) in [6, 6.07) is 0.311. The molecule has 0 radical (unpaired) electrons. The normalized spacial score (nSPS) is 18.6. The minimum absolute atomic E-state index is 0.0841. The van der Waals surface area contributed by atoms with E-state index in [0.29, 0.717) is 36.7 Å². The Balaban J connectivity index is 1.60. The van der Waals surface area contributed by atoms with E-state index in [-0.39, 0.29) is 5.91 Å². The summed E-state index contributed by atoms with van der Waals surface area (Å²) in [6.45, 7) is 2.24. The van der Waals surface area contributed by atoms with E-state index in [2.05, 4.69) is 25.2 Å².